The first-order chi connectivity index (χ1) is 7.69. The highest BCUT2D eigenvalue weighted by Gasteiger charge is 2.07. The zero-order valence-corrected chi connectivity index (χ0v) is 10.3. The molecular formula is C10H13Cl2N3O. The number of amidine groups is 1. The van der Waals surface area contributed by atoms with Gasteiger partial charge in [0.1, 0.15) is 5.84 Å². The van der Waals surface area contributed by atoms with Crippen molar-refractivity contribution >= 4 is 29.0 Å². The molecule has 1 aromatic carbocycles. The Balaban J connectivity index is 2.94. The molecule has 0 amide bonds. The minimum atomic E-state index is 0.490. The number of ether oxygens (including phenoxy) is 1. The molecule has 0 saturated carbocycles. The van der Waals surface area contributed by atoms with Crippen LogP contribution in [0, 0.1) is 0 Å². The fourth-order valence-electron chi connectivity index (χ4n) is 1.14. The summed E-state index contributed by atoms with van der Waals surface area (Å²) in [6.07, 6.45) is 0. The summed E-state index contributed by atoms with van der Waals surface area (Å²) >= 11 is 11.9. The summed E-state index contributed by atoms with van der Waals surface area (Å²) in [4.78, 5) is 4.22. The molecule has 0 heterocycles. The molecule has 0 aliphatic heterocycles. The van der Waals surface area contributed by atoms with Crippen molar-refractivity contribution in [1.29, 1.82) is 0 Å². The molecule has 4 nitrogen and oxygen atoms in total. The molecule has 0 aromatic heterocycles. The molecule has 16 heavy (non-hydrogen) atoms. The average Bonchev–Trinajstić information content (AvgIpc) is 2.28. The number of rotatable bonds is 4. The van der Waals surface area contributed by atoms with Crippen LogP contribution >= 0.6 is 23.2 Å². The van der Waals surface area contributed by atoms with E-state index in [1.165, 1.54) is 0 Å². The molecular weight excluding hydrogens is 249 g/mol. The molecule has 0 spiro atoms. The minimum Gasteiger partial charge on any atom is -0.383 e. The molecule has 0 fully saturated rings. The number of nitrogens with zero attached hydrogens (tertiary/aromatic N) is 1. The van der Waals surface area contributed by atoms with Gasteiger partial charge in [0.05, 0.1) is 18.2 Å². The van der Waals surface area contributed by atoms with Crippen LogP contribution in [-0.4, -0.2) is 26.1 Å². The molecule has 1 rings (SSSR count). The number of hydrazine groups is 1. The van der Waals surface area contributed by atoms with E-state index in [4.69, 9.17) is 33.8 Å². The number of nitrogens with two attached hydrogens (primary N) is 1. The summed E-state index contributed by atoms with van der Waals surface area (Å²) in [5, 5.41) is 1.12. The van der Waals surface area contributed by atoms with Crippen LogP contribution in [0.25, 0.3) is 0 Å². The first kappa shape index (κ1) is 13.3. The first-order valence-corrected chi connectivity index (χ1v) is 5.40. The molecule has 0 aliphatic carbocycles. The predicted molar refractivity (Wildman–Crippen MR) is 67.1 cm³/mol. The van der Waals surface area contributed by atoms with Gasteiger partial charge in [-0.3, -0.25) is 4.99 Å². The quantitative estimate of drug-likeness (QED) is 0.286. The van der Waals surface area contributed by atoms with E-state index >= 15 is 0 Å². The smallest absolute Gasteiger partial charge is 0.144 e. The summed E-state index contributed by atoms with van der Waals surface area (Å²) in [5.74, 6) is 5.87. The maximum Gasteiger partial charge on any atom is 0.144 e. The number of halogens is 2. The zero-order chi connectivity index (χ0) is 12.0. The molecule has 0 saturated heterocycles. The molecule has 0 bridgehead atoms. The van der Waals surface area contributed by atoms with E-state index in [0.29, 0.717) is 34.6 Å². The van der Waals surface area contributed by atoms with Crippen molar-refractivity contribution in [2.45, 2.75) is 0 Å². The number of benzene rings is 1. The molecule has 3 N–H and O–H groups in total. The van der Waals surface area contributed by atoms with Crippen LogP contribution in [0.4, 0.5) is 0 Å². The predicted octanol–water partition coefficient (Wildman–Crippen LogP) is 1.85. The molecule has 0 atom stereocenters. The fourth-order valence-corrected chi connectivity index (χ4v) is 1.52. The van der Waals surface area contributed by atoms with Crippen molar-refractivity contribution in [1.82, 2.24) is 5.43 Å². The standard InChI is InChI=1S/C10H13Cl2N3O/c1-16-5-4-14-10(15-13)8-6-7(11)2-3-9(8)12/h2-3,6H,4-5,13H2,1H3,(H,14,15). The highest BCUT2D eigenvalue weighted by molar-refractivity contribution is 6.36. The van der Waals surface area contributed by atoms with E-state index in [0.717, 1.165) is 0 Å². The molecule has 88 valence electrons. The van der Waals surface area contributed by atoms with E-state index < -0.39 is 0 Å². The highest BCUT2D eigenvalue weighted by Crippen LogP contribution is 2.20. The number of methoxy groups -OCH3 is 1. The van der Waals surface area contributed by atoms with Crippen molar-refractivity contribution in [2.24, 2.45) is 10.8 Å². The fraction of sp³-hybridized carbons (Fsp3) is 0.300. The summed E-state index contributed by atoms with van der Waals surface area (Å²) in [5.41, 5.74) is 3.17. The Hall–Kier alpha value is -0.810. The third kappa shape index (κ3) is 3.64. The van der Waals surface area contributed by atoms with Crippen molar-refractivity contribution < 1.29 is 4.74 Å². The van der Waals surface area contributed by atoms with Gasteiger partial charge in [-0.2, -0.15) is 0 Å². The zero-order valence-electron chi connectivity index (χ0n) is 8.84. The van der Waals surface area contributed by atoms with Gasteiger partial charge in [-0.05, 0) is 18.2 Å². The second-order valence-electron chi connectivity index (χ2n) is 2.99. The third-order valence-electron chi connectivity index (χ3n) is 1.89. The SMILES string of the molecule is COCCN=C(NN)c1cc(Cl)ccc1Cl. The van der Waals surface area contributed by atoms with Crippen LogP contribution in [0.3, 0.4) is 0 Å². The lowest BCUT2D eigenvalue weighted by atomic mass is 10.2. The second-order valence-corrected chi connectivity index (χ2v) is 3.84. The summed E-state index contributed by atoms with van der Waals surface area (Å²) in [6, 6.07) is 5.11. The lowest BCUT2D eigenvalue weighted by Crippen LogP contribution is -2.31. The van der Waals surface area contributed by atoms with Crippen molar-refractivity contribution in [3.63, 3.8) is 0 Å². The van der Waals surface area contributed by atoms with Crippen LogP contribution in [-0.2, 0) is 4.74 Å². The van der Waals surface area contributed by atoms with Crippen molar-refractivity contribution in [3.05, 3.63) is 33.8 Å². The van der Waals surface area contributed by atoms with Gasteiger partial charge in [0.2, 0.25) is 0 Å². The Labute approximate surface area is 104 Å². The van der Waals surface area contributed by atoms with E-state index in [1.807, 2.05) is 0 Å². The van der Waals surface area contributed by atoms with E-state index in [-0.39, 0.29) is 0 Å². The van der Waals surface area contributed by atoms with Crippen molar-refractivity contribution in [2.75, 3.05) is 20.3 Å². The topological polar surface area (TPSA) is 59.6 Å². The Morgan fingerprint density at radius 1 is 1.50 bits per heavy atom. The van der Waals surface area contributed by atoms with Gasteiger partial charge in [0, 0.05) is 17.7 Å². The Morgan fingerprint density at radius 2 is 2.25 bits per heavy atom. The van der Waals surface area contributed by atoms with E-state index in [1.54, 1.807) is 25.3 Å². The van der Waals surface area contributed by atoms with E-state index in [2.05, 4.69) is 10.4 Å². The van der Waals surface area contributed by atoms with Crippen LogP contribution in [0.1, 0.15) is 5.56 Å². The maximum atomic E-state index is 6.02. The van der Waals surface area contributed by atoms with Crippen LogP contribution in [0.5, 0.6) is 0 Å². The largest absolute Gasteiger partial charge is 0.383 e. The minimum absolute atomic E-state index is 0.490. The molecule has 6 heteroatoms. The molecule has 0 radical (unpaired) electrons. The summed E-state index contributed by atoms with van der Waals surface area (Å²) < 4.78 is 4.89. The van der Waals surface area contributed by atoms with Crippen molar-refractivity contribution in [3.8, 4) is 0 Å². The van der Waals surface area contributed by atoms with Gasteiger partial charge >= 0.3 is 0 Å². The van der Waals surface area contributed by atoms with Gasteiger partial charge in [-0.1, -0.05) is 23.2 Å². The number of hydrogen-bond acceptors (Lipinski definition) is 3. The van der Waals surface area contributed by atoms with Gasteiger partial charge in [0.25, 0.3) is 0 Å². The van der Waals surface area contributed by atoms with Gasteiger partial charge < -0.3 is 10.2 Å². The van der Waals surface area contributed by atoms with E-state index in [9.17, 15) is 0 Å². The summed E-state index contributed by atoms with van der Waals surface area (Å²) in [7, 11) is 1.61. The normalized spacial score (nSPS) is 11.6. The second kappa shape index (κ2) is 6.70. The van der Waals surface area contributed by atoms with Gasteiger partial charge in [0.15, 0.2) is 0 Å². The summed E-state index contributed by atoms with van der Waals surface area (Å²) in [6.45, 7) is 1.02. The number of aliphatic imine (C=N–C) groups is 1. The monoisotopic (exact) mass is 261 g/mol. The Bertz CT molecular complexity index is 382. The third-order valence-corrected chi connectivity index (χ3v) is 2.45. The Morgan fingerprint density at radius 3 is 2.88 bits per heavy atom. The molecule has 0 aliphatic rings. The van der Waals surface area contributed by atoms with Crippen LogP contribution in [0.2, 0.25) is 10.0 Å². The first-order valence-electron chi connectivity index (χ1n) is 4.64. The number of hydrogen-bond donors (Lipinski definition) is 2. The van der Waals surface area contributed by atoms with Crippen LogP contribution < -0.4 is 11.3 Å². The molecule has 0 unspecified atom stereocenters. The average molecular weight is 262 g/mol. The van der Waals surface area contributed by atoms with Gasteiger partial charge in [-0.15, -0.1) is 0 Å². The lowest BCUT2D eigenvalue weighted by Gasteiger charge is -2.08. The molecule has 1 aromatic rings. The maximum absolute atomic E-state index is 6.02. The van der Waals surface area contributed by atoms with Crippen LogP contribution in [0.15, 0.2) is 23.2 Å². The number of nitrogens with one attached hydrogen (secondary N) is 1. The Kier molecular flexibility index (Phi) is 5.55. The van der Waals surface area contributed by atoms with Gasteiger partial charge in [-0.25, -0.2) is 5.84 Å². The lowest BCUT2D eigenvalue weighted by molar-refractivity contribution is 0.208. The highest BCUT2D eigenvalue weighted by atomic mass is 35.5.